The minimum Gasteiger partial charge on any atom is -0.405 e. The molecule has 2 rings (SSSR count). The van der Waals surface area contributed by atoms with E-state index in [1.54, 1.807) is 18.2 Å². The molecule has 1 aliphatic heterocycles. The van der Waals surface area contributed by atoms with E-state index < -0.39 is 6.36 Å². The molecular formula is C16H24ClF3N2O. The van der Waals surface area contributed by atoms with Crippen LogP contribution in [-0.2, 0) is 6.54 Å². The van der Waals surface area contributed by atoms with Crippen LogP contribution >= 0.6 is 12.4 Å². The van der Waals surface area contributed by atoms with E-state index in [0.717, 1.165) is 39.0 Å². The molecule has 1 aromatic carbocycles. The highest BCUT2D eigenvalue weighted by Gasteiger charge is 2.32. The second-order valence-corrected chi connectivity index (χ2v) is 5.68. The first kappa shape index (κ1) is 20.1. The number of rotatable bonds is 6. The predicted molar refractivity (Wildman–Crippen MR) is 86.9 cm³/mol. The van der Waals surface area contributed by atoms with Crippen LogP contribution in [0.2, 0.25) is 0 Å². The van der Waals surface area contributed by atoms with Gasteiger partial charge in [0.15, 0.2) is 0 Å². The van der Waals surface area contributed by atoms with Crippen LogP contribution in [0.5, 0.6) is 5.75 Å². The Morgan fingerprint density at radius 2 is 1.87 bits per heavy atom. The lowest BCUT2D eigenvalue weighted by molar-refractivity contribution is -0.275. The van der Waals surface area contributed by atoms with E-state index in [1.165, 1.54) is 6.07 Å². The molecule has 0 radical (unpaired) electrons. The summed E-state index contributed by atoms with van der Waals surface area (Å²) in [5, 5.41) is 3.35. The van der Waals surface area contributed by atoms with E-state index in [1.807, 2.05) is 0 Å². The van der Waals surface area contributed by atoms with Crippen molar-refractivity contribution < 1.29 is 17.9 Å². The van der Waals surface area contributed by atoms with Gasteiger partial charge in [-0.2, -0.15) is 0 Å². The lowest BCUT2D eigenvalue weighted by Crippen LogP contribution is -2.37. The molecule has 1 fully saturated rings. The summed E-state index contributed by atoms with van der Waals surface area (Å²) in [5.74, 6) is 0.572. The van der Waals surface area contributed by atoms with E-state index in [2.05, 4.69) is 21.9 Å². The molecule has 1 heterocycles. The summed E-state index contributed by atoms with van der Waals surface area (Å²) in [7, 11) is 0. The van der Waals surface area contributed by atoms with Gasteiger partial charge in [0.05, 0.1) is 0 Å². The van der Waals surface area contributed by atoms with Crippen molar-refractivity contribution in [3.05, 3.63) is 29.8 Å². The molecule has 0 aliphatic carbocycles. The molecule has 23 heavy (non-hydrogen) atoms. The lowest BCUT2D eigenvalue weighted by Gasteiger charge is -2.32. The summed E-state index contributed by atoms with van der Waals surface area (Å²) in [6.45, 7) is 6.42. The third kappa shape index (κ3) is 6.97. The molecule has 1 aromatic rings. The Morgan fingerprint density at radius 1 is 1.22 bits per heavy atom. The minimum absolute atomic E-state index is 0. The fourth-order valence-corrected chi connectivity index (χ4v) is 2.80. The summed E-state index contributed by atoms with van der Waals surface area (Å²) >= 11 is 0. The topological polar surface area (TPSA) is 24.5 Å². The Balaban J connectivity index is 0.00000264. The molecule has 0 bridgehead atoms. The molecule has 132 valence electrons. The maximum atomic E-state index is 12.4. The number of alkyl halides is 3. The van der Waals surface area contributed by atoms with Gasteiger partial charge in [-0.3, -0.25) is 4.90 Å². The van der Waals surface area contributed by atoms with Gasteiger partial charge >= 0.3 is 6.36 Å². The molecular weight excluding hydrogens is 329 g/mol. The van der Waals surface area contributed by atoms with Gasteiger partial charge in [0.25, 0.3) is 0 Å². The van der Waals surface area contributed by atoms with Crippen LogP contribution in [0.4, 0.5) is 13.2 Å². The molecule has 3 nitrogen and oxygen atoms in total. The molecule has 0 spiro atoms. The van der Waals surface area contributed by atoms with E-state index in [9.17, 15) is 13.2 Å². The number of nitrogens with one attached hydrogen (secondary N) is 1. The monoisotopic (exact) mass is 352 g/mol. The van der Waals surface area contributed by atoms with Crippen LogP contribution in [0.3, 0.4) is 0 Å². The van der Waals surface area contributed by atoms with Gasteiger partial charge in [0.1, 0.15) is 5.75 Å². The third-order valence-electron chi connectivity index (χ3n) is 3.98. The lowest BCUT2D eigenvalue weighted by atomic mass is 9.96. The molecule has 1 saturated heterocycles. The van der Waals surface area contributed by atoms with Gasteiger partial charge in [-0.05, 0) is 51.0 Å². The van der Waals surface area contributed by atoms with E-state index in [-0.39, 0.29) is 18.2 Å². The van der Waals surface area contributed by atoms with E-state index in [0.29, 0.717) is 18.0 Å². The normalized spacial score (nSPS) is 16.9. The number of para-hydroxylation sites is 1. The van der Waals surface area contributed by atoms with Crippen molar-refractivity contribution in [3.8, 4) is 5.75 Å². The number of hydrogen-bond acceptors (Lipinski definition) is 3. The minimum atomic E-state index is -4.64. The first-order valence-electron chi connectivity index (χ1n) is 7.74. The number of ether oxygens (including phenoxy) is 1. The second kappa shape index (κ2) is 9.35. The van der Waals surface area contributed by atoms with Crippen molar-refractivity contribution in [1.29, 1.82) is 0 Å². The number of likely N-dealkylation sites (tertiary alicyclic amines) is 1. The van der Waals surface area contributed by atoms with Crippen LogP contribution in [0.15, 0.2) is 24.3 Å². The zero-order valence-electron chi connectivity index (χ0n) is 13.2. The molecule has 1 aliphatic rings. The quantitative estimate of drug-likeness (QED) is 0.842. The van der Waals surface area contributed by atoms with E-state index >= 15 is 0 Å². The fraction of sp³-hybridized carbons (Fsp3) is 0.625. The van der Waals surface area contributed by atoms with Gasteiger partial charge in [-0.15, -0.1) is 25.6 Å². The number of nitrogens with zero attached hydrogens (tertiary/aromatic N) is 1. The van der Waals surface area contributed by atoms with Gasteiger partial charge < -0.3 is 10.1 Å². The molecule has 7 heteroatoms. The summed E-state index contributed by atoms with van der Waals surface area (Å²) in [6.07, 6.45) is -2.49. The smallest absolute Gasteiger partial charge is 0.405 e. The van der Waals surface area contributed by atoms with Crippen molar-refractivity contribution in [2.24, 2.45) is 5.92 Å². The first-order chi connectivity index (χ1) is 10.5. The van der Waals surface area contributed by atoms with Gasteiger partial charge in [-0.25, -0.2) is 0 Å². The summed E-state index contributed by atoms with van der Waals surface area (Å²) in [5.41, 5.74) is 0.588. The van der Waals surface area contributed by atoms with Gasteiger partial charge in [0, 0.05) is 12.1 Å². The molecule has 0 aromatic heterocycles. The SMILES string of the molecule is CCNCC1CCN(Cc2ccccc2OC(F)(F)F)CC1.Cl. The van der Waals surface area contributed by atoms with Crippen molar-refractivity contribution >= 4 is 12.4 Å². The zero-order valence-corrected chi connectivity index (χ0v) is 14.1. The van der Waals surface area contributed by atoms with Crippen molar-refractivity contribution in [2.75, 3.05) is 26.2 Å². The summed E-state index contributed by atoms with van der Waals surface area (Å²) in [6, 6.07) is 6.39. The molecule has 0 saturated carbocycles. The van der Waals surface area contributed by atoms with Crippen LogP contribution in [0.25, 0.3) is 0 Å². The highest BCUT2D eigenvalue weighted by molar-refractivity contribution is 5.85. The highest BCUT2D eigenvalue weighted by Crippen LogP contribution is 2.28. The fourth-order valence-electron chi connectivity index (χ4n) is 2.80. The highest BCUT2D eigenvalue weighted by atomic mass is 35.5. The maximum Gasteiger partial charge on any atom is 0.573 e. The van der Waals surface area contributed by atoms with Crippen LogP contribution in [0.1, 0.15) is 25.3 Å². The molecule has 0 amide bonds. The number of hydrogen-bond donors (Lipinski definition) is 1. The first-order valence-corrected chi connectivity index (χ1v) is 7.74. The predicted octanol–water partition coefficient (Wildman–Crippen LogP) is 3.83. The van der Waals surface area contributed by atoms with Crippen molar-refractivity contribution in [2.45, 2.75) is 32.7 Å². The van der Waals surface area contributed by atoms with Gasteiger partial charge in [0.2, 0.25) is 0 Å². The Hall–Kier alpha value is -0.980. The number of benzene rings is 1. The second-order valence-electron chi connectivity index (χ2n) is 5.68. The summed E-state index contributed by atoms with van der Waals surface area (Å²) < 4.78 is 41.4. The van der Waals surface area contributed by atoms with Crippen LogP contribution < -0.4 is 10.1 Å². The Kier molecular flexibility index (Phi) is 8.16. The van der Waals surface area contributed by atoms with Crippen LogP contribution in [0, 0.1) is 5.92 Å². The average Bonchev–Trinajstić information content (AvgIpc) is 2.47. The Labute approximate surface area is 141 Å². The standard InChI is InChI=1S/C16H23F3N2O.ClH/c1-2-20-11-13-7-9-21(10-8-13)12-14-5-3-4-6-15(14)22-16(17,18)19;/h3-6,13,20H,2,7-12H2,1H3;1H. The third-order valence-corrected chi connectivity index (χ3v) is 3.98. The summed E-state index contributed by atoms with van der Waals surface area (Å²) in [4.78, 5) is 2.20. The Bertz CT molecular complexity index is 463. The maximum absolute atomic E-state index is 12.4. The average molecular weight is 353 g/mol. The molecule has 0 unspecified atom stereocenters. The zero-order chi connectivity index (χ0) is 16.0. The molecule has 1 N–H and O–H groups in total. The van der Waals surface area contributed by atoms with Crippen molar-refractivity contribution in [3.63, 3.8) is 0 Å². The number of halogens is 4. The number of piperidine rings is 1. The largest absolute Gasteiger partial charge is 0.573 e. The van der Waals surface area contributed by atoms with Gasteiger partial charge in [-0.1, -0.05) is 25.1 Å². The van der Waals surface area contributed by atoms with Crippen molar-refractivity contribution in [1.82, 2.24) is 10.2 Å². The van der Waals surface area contributed by atoms with E-state index in [4.69, 9.17) is 0 Å². The molecule has 0 atom stereocenters. The Morgan fingerprint density at radius 3 is 2.48 bits per heavy atom. The van der Waals surface area contributed by atoms with Crippen LogP contribution in [-0.4, -0.2) is 37.4 Å².